The number of benzene rings is 2. The Labute approximate surface area is 162 Å². The van der Waals surface area contributed by atoms with E-state index in [0.717, 1.165) is 16.9 Å². The van der Waals surface area contributed by atoms with Crippen molar-refractivity contribution in [2.24, 2.45) is 7.05 Å². The molecule has 0 fully saturated rings. The van der Waals surface area contributed by atoms with E-state index in [4.69, 9.17) is 9.47 Å². The van der Waals surface area contributed by atoms with Crippen molar-refractivity contribution < 1.29 is 18.7 Å². The topological polar surface area (TPSA) is 65.4 Å². The standard InChI is InChI=1S/C21H22FN3O3/c1-25-18-8-6-15(22)12-17(18)24-20(25)10-11-23-21(26)9-5-14-4-7-16(27-2)13-19(14)28-3/h4-9,12-13H,10-11H2,1-3H3,(H,23,26). The molecule has 0 spiro atoms. The number of hydrogen-bond acceptors (Lipinski definition) is 4. The van der Waals surface area contributed by atoms with E-state index in [1.165, 1.54) is 18.2 Å². The van der Waals surface area contributed by atoms with Crippen molar-refractivity contribution >= 4 is 23.0 Å². The molecule has 3 rings (SSSR count). The molecular formula is C21H22FN3O3. The fourth-order valence-electron chi connectivity index (χ4n) is 2.92. The Morgan fingerprint density at radius 3 is 2.79 bits per heavy atom. The van der Waals surface area contributed by atoms with Gasteiger partial charge in [0.2, 0.25) is 5.91 Å². The summed E-state index contributed by atoms with van der Waals surface area (Å²) in [6.07, 6.45) is 3.68. The van der Waals surface area contributed by atoms with Crippen molar-refractivity contribution in [3.63, 3.8) is 0 Å². The van der Waals surface area contributed by atoms with Gasteiger partial charge in [0.1, 0.15) is 23.1 Å². The van der Waals surface area contributed by atoms with Crippen LogP contribution in [0.2, 0.25) is 0 Å². The van der Waals surface area contributed by atoms with Gasteiger partial charge in [-0.2, -0.15) is 0 Å². The quantitative estimate of drug-likeness (QED) is 0.637. The predicted octanol–water partition coefficient (Wildman–Crippen LogP) is 3.10. The molecule has 6 nitrogen and oxygen atoms in total. The van der Waals surface area contributed by atoms with Crippen molar-refractivity contribution in [2.75, 3.05) is 20.8 Å². The number of nitrogens with one attached hydrogen (secondary N) is 1. The Morgan fingerprint density at radius 2 is 2.04 bits per heavy atom. The van der Waals surface area contributed by atoms with E-state index in [-0.39, 0.29) is 11.7 Å². The van der Waals surface area contributed by atoms with Crippen LogP contribution >= 0.6 is 0 Å². The van der Waals surface area contributed by atoms with Crippen LogP contribution in [-0.2, 0) is 18.3 Å². The number of hydrogen-bond donors (Lipinski definition) is 1. The monoisotopic (exact) mass is 383 g/mol. The number of methoxy groups -OCH3 is 2. The minimum Gasteiger partial charge on any atom is -0.497 e. The second-order valence-electron chi connectivity index (χ2n) is 6.20. The molecule has 0 bridgehead atoms. The number of imidazole rings is 1. The SMILES string of the molecule is COc1ccc(C=CC(=O)NCCc2nc3cc(F)ccc3n2C)c(OC)c1. The van der Waals surface area contributed by atoms with E-state index < -0.39 is 0 Å². The van der Waals surface area contributed by atoms with Crippen molar-refractivity contribution in [1.29, 1.82) is 0 Å². The number of aromatic nitrogens is 2. The molecule has 1 amide bonds. The average Bonchev–Trinajstić information content (AvgIpc) is 3.01. The third-order valence-corrected chi connectivity index (χ3v) is 4.44. The molecule has 28 heavy (non-hydrogen) atoms. The fraction of sp³-hybridized carbons (Fsp3) is 0.238. The molecule has 1 N–H and O–H groups in total. The van der Waals surface area contributed by atoms with Crippen LogP contribution < -0.4 is 14.8 Å². The van der Waals surface area contributed by atoms with Crippen molar-refractivity contribution in [2.45, 2.75) is 6.42 Å². The van der Waals surface area contributed by atoms with E-state index in [2.05, 4.69) is 10.3 Å². The van der Waals surface area contributed by atoms with Gasteiger partial charge in [0.05, 0.1) is 25.3 Å². The maximum absolute atomic E-state index is 13.3. The van der Waals surface area contributed by atoms with Gasteiger partial charge in [-0.25, -0.2) is 9.37 Å². The van der Waals surface area contributed by atoms with Gasteiger partial charge in [-0.1, -0.05) is 0 Å². The number of aryl methyl sites for hydroxylation is 1. The molecule has 3 aromatic rings. The molecule has 0 atom stereocenters. The zero-order valence-electron chi connectivity index (χ0n) is 16.0. The summed E-state index contributed by atoms with van der Waals surface area (Å²) in [6.45, 7) is 0.419. The Hall–Kier alpha value is -3.35. The molecule has 2 aromatic carbocycles. The fourth-order valence-corrected chi connectivity index (χ4v) is 2.92. The van der Waals surface area contributed by atoms with E-state index in [1.807, 2.05) is 17.7 Å². The van der Waals surface area contributed by atoms with E-state index in [9.17, 15) is 9.18 Å². The summed E-state index contributed by atoms with van der Waals surface area (Å²) < 4.78 is 25.7. The third kappa shape index (κ3) is 4.31. The largest absolute Gasteiger partial charge is 0.497 e. The molecule has 0 aliphatic rings. The summed E-state index contributed by atoms with van der Waals surface area (Å²) >= 11 is 0. The van der Waals surface area contributed by atoms with Crippen LogP contribution in [0.1, 0.15) is 11.4 Å². The van der Waals surface area contributed by atoms with Crippen LogP contribution in [0.15, 0.2) is 42.5 Å². The predicted molar refractivity (Wildman–Crippen MR) is 106 cm³/mol. The number of nitrogens with zero attached hydrogens (tertiary/aromatic N) is 2. The van der Waals surface area contributed by atoms with Gasteiger partial charge in [0.25, 0.3) is 0 Å². The minimum atomic E-state index is -0.315. The average molecular weight is 383 g/mol. The van der Waals surface area contributed by atoms with Crippen LogP contribution in [0.3, 0.4) is 0 Å². The van der Waals surface area contributed by atoms with Crippen LogP contribution in [0, 0.1) is 5.82 Å². The van der Waals surface area contributed by atoms with Crippen LogP contribution in [0.5, 0.6) is 11.5 Å². The van der Waals surface area contributed by atoms with E-state index in [0.29, 0.717) is 30.0 Å². The Morgan fingerprint density at radius 1 is 1.21 bits per heavy atom. The third-order valence-electron chi connectivity index (χ3n) is 4.44. The first-order valence-electron chi connectivity index (χ1n) is 8.80. The molecule has 0 radical (unpaired) electrons. The summed E-state index contributed by atoms with van der Waals surface area (Å²) in [7, 11) is 5.02. The van der Waals surface area contributed by atoms with E-state index >= 15 is 0 Å². The number of amides is 1. The van der Waals surface area contributed by atoms with Crippen LogP contribution in [-0.4, -0.2) is 36.2 Å². The zero-order chi connectivity index (χ0) is 20.1. The first kappa shape index (κ1) is 19.4. The summed E-state index contributed by atoms with van der Waals surface area (Å²) in [6, 6.07) is 9.89. The number of carbonyl (C=O) groups is 1. The van der Waals surface area contributed by atoms with E-state index in [1.54, 1.807) is 38.5 Å². The number of halogens is 1. The summed E-state index contributed by atoms with van der Waals surface area (Å²) in [4.78, 5) is 16.5. The first-order valence-corrected chi connectivity index (χ1v) is 8.80. The number of carbonyl (C=O) groups excluding carboxylic acids is 1. The number of ether oxygens (including phenoxy) is 2. The normalized spacial score (nSPS) is 11.1. The lowest BCUT2D eigenvalue weighted by atomic mass is 10.1. The molecule has 0 unspecified atom stereocenters. The molecule has 1 heterocycles. The Kier molecular flexibility index (Phi) is 5.93. The molecule has 0 aliphatic heterocycles. The van der Waals surface area contributed by atoms with Gasteiger partial charge in [0.15, 0.2) is 0 Å². The van der Waals surface area contributed by atoms with Gasteiger partial charge in [-0.05, 0) is 30.3 Å². The second-order valence-corrected chi connectivity index (χ2v) is 6.20. The Balaban J connectivity index is 1.59. The summed E-state index contributed by atoms with van der Waals surface area (Å²) in [5.41, 5.74) is 2.24. The lowest BCUT2D eigenvalue weighted by Gasteiger charge is -2.07. The molecule has 0 saturated heterocycles. The Bertz CT molecular complexity index is 1030. The van der Waals surface area contributed by atoms with Gasteiger partial charge in [0, 0.05) is 43.8 Å². The highest BCUT2D eigenvalue weighted by Gasteiger charge is 2.09. The van der Waals surface area contributed by atoms with Crippen LogP contribution in [0.25, 0.3) is 17.1 Å². The maximum Gasteiger partial charge on any atom is 0.244 e. The second kappa shape index (κ2) is 8.56. The molecule has 146 valence electrons. The van der Waals surface area contributed by atoms with Gasteiger partial charge in [-0.3, -0.25) is 4.79 Å². The molecule has 7 heteroatoms. The molecule has 0 aliphatic carbocycles. The highest BCUT2D eigenvalue weighted by Crippen LogP contribution is 2.25. The van der Waals surface area contributed by atoms with Crippen molar-refractivity contribution in [1.82, 2.24) is 14.9 Å². The van der Waals surface area contributed by atoms with Gasteiger partial charge >= 0.3 is 0 Å². The molecule has 0 saturated carbocycles. The highest BCUT2D eigenvalue weighted by molar-refractivity contribution is 5.92. The minimum absolute atomic E-state index is 0.220. The molecule has 1 aromatic heterocycles. The smallest absolute Gasteiger partial charge is 0.244 e. The van der Waals surface area contributed by atoms with Gasteiger partial charge < -0.3 is 19.4 Å². The van der Waals surface area contributed by atoms with Gasteiger partial charge in [-0.15, -0.1) is 0 Å². The summed E-state index contributed by atoms with van der Waals surface area (Å²) in [5, 5.41) is 2.83. The lowest BCUT2D eigenvalue weighted by molar-refractivity contribution is -0.116. The molecular weight excluding hydrogens is 361 g/mol. The van der Waals surface area contributed by atoms with Crippen molar-refractivity contribution in [3.8, 4) is 11.5 Å². The number of rotatable bonds is 7. The zero-order valence-corrected chi connectivity index (χ0v) is 16.0. The number of fused-ring (bicyclic) bond motifs is 1. The van der Waals surface area contributed by atoms with Crippen molar-refractivity contribution in [3.05, 3.63) is 59.7 Å². The first-order chi connectivity index (χ1) is 13.5. The van der Waals surface area contributed by atoms with Crippen LogP contribution in [0.4, 0.5) is 4.39 Å². The maximum atomic E-state index is 13.3. The summed E-state index contributed by atoms with van der Waals surface area (Å²) in [5.74, 6) is 1.55. The lowest BCUT2D eigenvalue weighted by Crippen LogP contribution is -2.24. The highest BCUT2D eigenvalue weighted by atomic mass is 19.1.